The standard InChI is InChI=1S/C14H21ClN2O4S/c1-9(2)8-21-10(3)14(18)16-11-5-6-13(12(15)7-11)17-22(4,19)20/h5-7,9-10,17H,8H2,1-4H3,(H,16,18)/t10-/m0/s1. The highest BCUT2D eigenvalue weighted by atomic mass is 35.5. The van der Waals surface area contributed by atoms with Gasteiger partial charge in [0, 0.05) is 12.3 Å². The summed E-state index contributed by atoms with van der Waals surface area (Å²) < 4.78 is 30.1. The third-order valence-corrected chi connectivity index (χ3v) is 3.48. The highest BCUT2D eigenvalue weighted by molar-refractivity contribution is 7.92. The quantitative estimate of drug-likeness (QED) is 0.793. The van der Waals surface area contributed by atoms with Crippen LogP contribution in [0.3, 0.4) is 0 Å². The van der Waals surface area contributed by atoms with E-state index >= 15 is 0 Å². The number of ether oxygens (including phenoxy) is 1. The van der Waals surface area contributed by atoms with Gasteiger partial charge in [-0.1, -0.05) is 25.4 Å². The van der Waals surface area contributed by atoms with E-state index in [2.05, 4.69) is 10.0 Å². The first-order valence-electron chi connectivity index (χ1n) is 6.78. The minimum Gasteiger partial charge on any atom is -0.368 e. The van der Waals surface area contributed by atoms with Crippen molar-refractivity contribution in [2.24, 2.45) is 5.92 Å². The van der Waals surface area contributed by atoms with E-state index in [0.29, 0.717) is 18.2 Å². The van der Waals surface area contributed by atoms with E-state index in [9.17, 15) is 13.2 Å². The van der Waals surface area contributed by atoms with Crippen LogP contribution in [-0.2, 0) is 19.6 Å². The number of carbonyl (C=O) groups excluding carboxylic acids is 1. The zero-order chi connectivity index (χ0) is 16.9. The SMILES string of the molecule is CC(C)CO[C@@H](C)C(=O)Nc1ccc(NS(C)(=O)=O)c(Cl)c1. The molecule has 0 aromatic heterocycles. The van der Waals surface area contributed by atoms with Crippen molar-refractivity contribution >= 4 is 38.9 Å². The summed E-state index contributed by atoms with van der Waals surface area (Å²) in [6.45, 7) is 6.15. The molecule has 0 bridgehead atoms. The lowest BCUT2D eigenvalue weighted by molar-refractivity contribution is -0.126. The van der Waals surface area contributed by atoms with Gasteiger partial charge in [0.2, 0.25) is 10.0 Å². The summed E-state index contributed by atoms with van der Waals surface area (Å²) in [5, 5.41) is 2.86. The predicted molar refractivity (Wildman–Crippen MR) is 88.8 cm³/mol. The summed E-state index contributed by atoms with van der Waals surface area (Å²) in [4.78, 5) is 12.0. The minimum atomic E-state index is -3.41. The Bertz CT molecular complexity index is 632. The Labute approximate surface area is 136 Å². The molecule has 124 valence electrons. The van der Waals surface area contributed by atoms with Crippen molar-refractivity contribution in [2.45, 2.75) is 26.9 Å². The Morgan fingerprint density at radius 3 is 2.45 bits per heavy atom. The minimum absolute atomic E-state index is 0.193. The number of rotatable bonds is 7. The van der Waals surface area contributed by atoms with Crippen molar-refractivity contribution in [3.63, 3.8) is 0 Å². The first kappa shape index (κ1) is 18.7. The second-order valence-corrected chi connectivity index (χ2v) is 7.58. The van der Waals surface area contributed by atoms with E-state index in [4.69, 9.17) is 16.3 Å². The molecule has 0 spiro atoms. The lowest BCUT2D eigenvalue weighted by Crippen LogP contribution is -2.28. The Morgan fingerprint density at radius 1 is 1.32 bits per heavy atom. The average molecular weight is 349 g/mol. The molecular formula is C14H21ClN2O4S. The van der Waals surface area contributed by atoms with Crippen LogP contribution in [-0.4, -0.2) is 33.3 Å². The fraction of sp³-hybridized carbons (Fsp3) is 0.500. The monoisotopic (exact) mass is 348 g/mol. The van der Waals surface area contributed by atoms with E-state index in [-0.39, 0.29) is 16.6 Å². The van der Waals surface area contributed by atoms with Crippen molar-refractivity contribution < 1.29 is 17.9 Å². The molecule has 0 unspecified atom stereocenters. The molecule has 6 nitrogen and oxygen atoms in total. The highest BCUT2D eigenvalue weighted by Crippen LogP contribution is 2.26. The Hall–Kier alpha value is -1.31. The molecule has 1 atom stereocenters. The molecule has 1 aromatic rings. The molecular weight excluding hydrogens is 328 g/mol. The van der Waals surface area contributed by atoms with Crippen LogP contribution in [0.4, 0.5) is 11.4 Å². The maximum absolute atomic E-state index is 12.0. The summed E-state index contributed by atoms with van der Waals surface area (Å²) in [7, 11) is -3.41. The lowest BCUT2D eigenvalue weighted by atomic mass is 10.2. The third kappa shape index (κ3) is 6.64. The third-order valence-electron chi connectivity index (χ3n) is 2.58. The van der Waals surface area contributed by atoms with Gasteiger partial charge in [-0.15, -0.1) is 0 Å². The fourth-order valence-electron chi connectivity index (χ4n) is 1.53. The summed E-state index contributed by atoms with van der Waals surface area (Å²) >= 11 is 5.99. The Balaban J connectivity index is 2.71. The molecule has 2 N–H and O–H groups in total. The molecule has 1 rings (SSSR count). The Kier molecular flexibility index (Phi) is 6.65. The first-order valence-corrected chi connectivity index (χ1v) is 9.05. The highest BCUT2D eigenvalue weighted by Gasteiger charge is 2.15. The molecule has 0 saturated heterocycles. The van der Waals surface area contributed by atoms with Crippen LogP contribution >= 0.6 is 11.6 Å². The second kappa shape index (κ2) is 7.80. The van der Waals surface area contributed by atoms with Crippen molar-refractivity contribution in [1.29, 1.82) is 0 Å². The summed E-state index contributed by atoms with van der Waals surface area (Å²) in [5.41, 5.74) is 0.723. The number of carbonyl (C=O) groups is 1. The van der Waals surface area contributed by atoms with Crippen molar-refractivity contribution in [3.05, 3.63) is 23.2 Å². The van der Waals surface area contributed by atoms with E-state index in [0.717, 1.165) is 6.26 Å². The van der Waals surface area contributed by atoms with E-state index in [1.165, 1.54) is 12.1 Å². The zero-order valence-electron chi connectivity index (χ0n) is 13.0. The molecule has 0 saturated carbocycles. The molecule has 1 amide bonds. The van der Waals surface area contributed by atoms with Crippen LogP contribution in [0, 0.1) is 5.92 Å². The lowest BCUT2D eigenvalue weighted by Gasteiger charge is -2.15. The van der Waals surface area contributed by atoms with Crippen LogP contribution in [0.15, 0.2) is 18.2 Å². The van der Waals surface area contributed by atoms with E-state index < -0.39 is 16.1 Å². The predicted octanol–water partition coefficient (Wildman–Crippen LogP) is 2.71. The van der Waals surface area contributed by atoms with Crippen LogP contribution in [0.25, 0.3) is 0 Å². The maximum atomic E-state index is 12.0. The number of hydrogen-bond donors (Lipinski definition) is 2. The Morgan fingerprint density at radius 2 is 1.95 bits per heavy atom. The van der Waals surface area contributed by atoms with Gasteiger partial charge in [-0.2, -0.15) is 0 Å². The summed E-state index contributed by atoms with van der Waals surface area (Å²) in [6, 6.07) is 4.52. The average Bonchev–Trinajstić information content (AvgIpc) is 2.37. The van der Waals surface area contributed by atoms with Gasteiger partial charge in [-0.25, -0.2) is 8.42 Å². The molecule has 0 radical (unpaired) electrons. The van der Waals surface area contributed by atoms with Crippen molar-refractivity contribution in [3.8, 4) is 0 Å². The molecule has 22 heavy (non-hydrogen) atoms. The molecule has 0 fully saturated rings. The largest absolute Gasteiger partial charge is 0.368 e. The molecule has 0 aliphatic rings. The van der Waals surface area contributed by atoms with Crippen LogP contribution in [0.5, 0.6) is 0 Å². The van der Waals surface area contributed by atoms with Crippen molar-refractivity contribution in [2.75, 3.05) is 22.9 Å². The first-order chi connectivity index (χ1) is 10.1. The molecule has 1 aromatic carbocycles. The van der Waals surface area contributed by atoms with Crippen LogP contribution < -0.4 is 10.0 Å². The number of nitrogens with one attached hydrogen (secondary N) is 2. The number of halogens is 1. The normalized spacial score (nSPS) is 13.0. The maximum Gasteiger partial charge on any atom is 0.253 e. The van der Waals surface area contributed by atoms with Crippen LogP contribution in [0.2, 0.25) is 5.02 Å². The van der Waals surface area contributed by atoms with E-state index in [1.54, 1.807) is 13.0 Å². The number of benzene rings is 1. The van der Waals surface area contributed by atoms with Gasteiger partial charge in [0.25, 0.3) is 5.91 Å². The molecule has 0 aliphatic carbocycles. The summed E-state index contributed by atoms with van der Waals surface area (Å²) in [5.74, 6) is 0.0478. The smallest absolute Gasteiger partial charge is 0.253 e. The number of amides is 1. The van der Waals surface area contributed by atoms with E-state index in [1.807, 2.05) is 13.8 Å². The molecule has 0 aliphatic heterocycles. The fourth-order valence-corrected chi connectivity index (χ4v) is 2.39. The van der Waals surface area contributed by atoms with Gasteiger partial charge in [0.1, 0.15) is 6.10 Å². The van der Waals surface area contributed by atoms with Crippen LogP contribution in [0.1, 0.15) is 20.8 Å². The number of hydrogen-bond acceptors (Lipinski definition) is 4. The topological polar surface area (TPSA) is 84.5 Å². The number of sulfonamides is 1. The number of anilines is 2. The molecule has 8 heteroatoms. The second-order valence-electron chi connectivity index (χ2n) is 5.43. The van der Waals surface area contributed by atoms with Crippen molar-refractivity contribution in [1.82, 2.24) is 0 Å². The van der Waals surface area contributed by atoms with Gasteiger partial charge in [-0.3, -0.25) is 9.52 Å². The van der Waals surface area contributed by atoms with Gasteiger partial charge in [-0.05, 0) is 31.0 Å². The van der Waals surface area contributed by atoms with Gasteiger partial charge in [0.15, 0.2) is 0 Å². The van der Waals surface area contributed by atoms with Gasteiger partial charge >= 0.3 is 0 Å². The summed E-state index contributed by atoms with van der Waals surface area (Å²) in [6.07, 6.45) is 0.447. The molecule has 0 heterocycles. The van der Waals surface area contributed by atoms with Gasteiger partial charge < -0.3 is 10.1 Å². The zero-order valence-corrected chi connectivity index (χ0v) is 14.6. The van der Waals surface area contributed by atoms with Gasteiger partial charge in [0.05, 0.1) is 17.0 Å².